The van der Waals surface area contributed by atoms with Crippen LogP contribution in [0.15, 0.2) is 24.8 Å². The van der Waals surface area contributed by atoms with Gasteiger partial charge >= 0.3 is 0 Å². The molecule has 0 saturated carbocycles. The number of amides is 1. The molecule has 0 aromatic rings. The number of carbonyl (C=O) groups excluding carboxylic acids is 1. The summed E-state index contributed by atoms with van der Waals surface area (Å²) in [5.41, 5.74) is 0. The summed E-state index contributed by atoms with van der Waals surface area (Å²) in [5.74, 6) is -0.0588. The van der Waals surface area contributed by atoms with Gasteiger partial charge in [-0.3, -0.25) is 4.79 Å². The monoisotopic (exact) mass is 293 g/mol. The van der Waals surface area contributed by atoms with Gasteiger partial charge in [-0.2, -0.15) is 0 Å². The highest BCUT2D eigenvalue weighted by Gasteiger charge is 1.93. The number of hydrogen-bond donors (Lipinski definition) is 1. The first-order valence-corrected chi connectivity index (χ1v) is 8.86. The third-order valence-corrected chi connectivity index (χ3v) is 3.67. The fraction of sp³-hybridized carbons (Fsp3) is 0.737. The quantitative estimate of drug-likeness (QED) is 0.239. The van der Waals surface area contributed by atoms with Gasteiger partial charge in [-0.15, -0.1) is 0 Å². The maximum absolute atomic E-state index is 10.9. The Morgan fingerprint density at radius 2 is 1.38 bits per heavy atom. The summed E-state index contributed by atoms with van der Waals surface area (Å²) in [7, 11) is 0. The average Bonchev–Trinajstić information content (AvgIpc) is 2.50. The lowest BCUT2D eigenvalue weighted by molar-refractivity contribution is -0.116. The van der Waals surface area contributed by atoms with Crippen molar-refractivity contribution in [2.45, 2.75) is 84.0 Å². The molecular formula is C19H35NO. The standard InChI is InChI=1S/C19H35NO/c1-3-5-6-7-8-9-10-11-12-13-14-15-16-17-18-20-19(21)4-2/h4,9-10H,2-3,5-8,11-18H2,1H3,(H,20,21)/b10-9-. The summed E-state index contributed by atoms with van der Waals surface area (Å²) >= 11 is 0. The van der Waals surface area contributed by atoms with Gasteiger partial charge in [-0.05, 0) is 38.2 Å². The minimum absolute atomic E-state index is 0.0588. The van der Waals surface area contributed by atoms with Crippen molar-refractivity contribution in [1.29, 1.82) is 0 Å². The van der Waals surface area contributed by atoms with Gasteiger partial charge in [0.1, 0.15) is 0 Å². The van der Waals surface area contributed by atoms with Crippen LogP contribution in [0.2, 0.25) is 0 Å². The Kier molecular flexibility index (Phi) is 16.2. The van der Waals surface area contributed by atoms with E-state index < -0.39 is 0 Å². The van der Waals surface area contributed by atoms with Gasteiger partial charge in [-0.25, -0.2) is 0 Å². The van der Waals surface area contributed by atoms with E-state index in [0.29, 0.717) is 0 Å². The van der Waals surface area contributed by atoms with Crippen LogP contribution in [0.3, 0.4) is 0 Å². The third kappa shape index (κ3) is 16.9. The molecule has 0 aromatic heterocycles. The smallest absolute Gasteiger partial charge is 0.243 e. The summed E-state index contributed by atoms with van der Waals surface area (Å²) < 4.78 is 0. The summed E-state index contributed by atoms with van der Waals surface area (Å²) in [6.07, 6.45) is 21.5. The number of rotatable bonds is 15. The Morgan fingerprint density at radius 1 is 0.857 bits per heavy atom. The molecule has 122 valence electrons. The average molecular weight is 293 g/mol. The zero-order valence-corrected chi connectivity index (χ0v) is 14.0. The second-order valence-corrected chi connectivity index (χ2v) is 5.73. The minimum atomic E-state index is -0.0588. The molecule has 0 atom stereocenters. The number of allylic oxidation sites excluding steroid dienone is 2. The van der Waals surface area contributed by atoms with Crippen molar-refractivity contribution in [1.82, 2.24) is 5.32 Å². The lowest BCUT2D eigenvalue weighted by Gasteiger charge is -2.02. The first kappa shape index (κ1) is 19.9. The molecule has 0 saturated heterocycles. The molecule has 2 heteroatoms. The zero-order chi connectivity index (χ0) is 15.6. The van der Waals surface area contributed by atoms with Crippen LogP contribution >= 0.6 is 0 Å². The Bertz CT molecular complexity index is 271. The molecule has 0 heterocycles. The Balaban J connectivity index is 3.10. The molecule has 1 N–H and O–H groups in total. The van der Waals surface area contributed by atoms with Gasteiger partial charge in [0.25, 0.3) is 0 Å². The molecular weight excluding hydrogens is 258 g/mol. The summed E-state index contributed by atoms with van der Waals surface area (Å²) in [6.45, 7) is 6.47. The Morgan fingerprint density at radius 3 is 1.95 bits per heavy atom. The van der Waals surface area contributed by atoms with Crippen LogP contribution in [0.4, 0.5) is 0 Å². The van der Waals surface area contributed by atoms with Crippen molar-refractivity contribution in [3.8, 4) is 0 Å². The van der Waals surface area contributed by atoms with Gasteiger partial charge in [0, 0.05) is 6.54 Å². The topological polar surface area (TPSA) is 29.1 Å². The van der Waals surface area contributed by atoms with E-state index in [2.05, 4.69) is 31.0 Å². The van der Waals surface area contributed by atoms with Crippen LogP contribution in [-0.2, 0) is 4.79 Å². The number of unbranched alkanes of at least 4 members (excludes halogenated alkanes) is 10. The fourth-order valence-electron chi connectivity index (χ4n) is 2.30. The van der Waals surface area contributed by atoms with Crippen molar-refractivity contribution < 1.29 is 4.79 Å². The van der Waals surface area contributed by atoms with Crippen molar-refractivity contribution in [2.75, 3.05) is 6.54 Å². The molecule has 0 aliphatic carbocycles. The number of hydrogen-bond acceptors (Lipinski definition) is 1. The van der Waals surface area contributed by atoms with Crippen LogP contribution in [0.1, 0.15) is 84.0 Å². The van der Waals surface area contributed by atoms with Crippen LogP contribution < -0.4 is 5.32 Å². The zero-order valence-electron chi connectivity index (χ0n) is 14.0. The summed E-state index contributed by atoms with van der Waals surface area (Å²) in [6, 6.07) is 0. The van der Waals surface area contributed by atoms with Gasteiger partial charge in [0.05, 0.1) is 0 Å². The van der Waals surface area contributed by atoms with E-state index >= 15 is 0 Å². The third-order valence-electron chi connectivity index (χ3n) is 3.67. The van der Waals surface area contributed by atoms with Gasteiger partial charge in [0.2, 0.25) is 5.91 Å². The van der Waals surface area contributed by atoms with Crippen molar-refractivity contribution >= 4 is 5.91 Å². The molecule has 0 bridgehead atoms. The normalized spacial score (nSPS) is 10.9. The molecule has 0 radical (unpaired) electrons. The second kappa shape index (κ2) is 17.0. The molecule has 0 aromatic carbocycles. The largest absolute Gasteiger partial charge is 0.353 e. The predicted molar refractivity (Wildman–Crippen MR) is 93.4 cm³/mol. The van der Waals surface area contributed by atoms with E-state index in [1.165, 1.54) is 76.7 Å². The number of carbonyl (C=O) groups is 1. The van der Waals surface area contributed by atoms with E-state index in [-0.39, 0.29) is 5.91 Å². The number of nitrogens with one attached hydrogen (secondary N) is 1. The van der Waals surface area contributed by atoms with E-state index in [9.17, 15) is 4.79 Å². The molecule has 0 aliphatic heterocycles. The van der Waals surface area contributed by atoms with Crippen LogP contribution in [0.5, 0.6) is 0 Å². The van der Waals surface area contributed by atoms with Gasteiger partial charge < -0.3 is 5.32 Å². The molecule has 21 heavy (non-hydrogen) atoms. The first-order chi connectivity index (χ1) is 10.3. The Labute approximate surface area is 132 Å². The van der Waals surface area contributed by atoms with Crippen LogP contribution in [0.25, 0.3) is 0 Å². The van der Waals surface area contributed by atoms with E-state index in [1.807, 2.05) is 0 Å². The predicted octanol–water partition coefficient (Wildman–Crippen LogP) is 5.55. The molecule has 0 rings (SSSR count). The SMILES string of the molecule is C=CC(=O)NCCCCCCCC/C=C\CCCCCC. The molecule has 0 aliphatic rings. The lowest BCUT2D eigenvalue weighted by Crippen LogP contribution is -2.21. The molecule has 0 spiro atoms. The molecule has 2 nitrogen and oxygen atoms in total. The lowest BCUT2D eigenvalue weighted by atomic mass is 10.1. The van der Waals surface area contributed by atoms with Crippen molar-refractivity contribution in [3.05, 3.63) is 24.8 Å². The highest BCUT2D eigenvalue weighted by Crippen LogP contribution is 2.08. The van der Waals surface area contributed by atoms with Gasteiger partial charge in [-0.1, -0.05) is 70.6 Å². The van der Waals surface area contributed by atoms with E-state index in [0.717, 1.165) is 13.0 Å². The van der Waals surface area contributed by atoms with Gasteiger partial charge in [0.15, 0.2) is 0 Å². The van der Waals surface area contributed by atoms with Crippen molar-refractivity contribution in [2.24, 2.45) is 0 Å². The highest BCUT2D eigenvalue weighted by molar-refractivity contribution is 5.86. The van der Waals surface area contributed by atoms with Crippen LogP contribution in [0, 0.1) is 0 Å². The van der Waals surface area contributed by atoms with Crippen molar-refractivity contribution in [3.63, 3.8) is 0 Å². The van der Waals surface area contributed by atoms with Crippen LogP contribution in [-0.4, -0.2) is 12.5 Å². The highest BCUT2D eigenvalue weighted by atomic mass is 16.1. The summed E-state index contributed by atoms with van der Waals surface area (Å²) in [5, 5.41) is 2.81. The minimum Gasteiger partial charge on any atom is -0.353 e. The first-order valence-electron chi connectivity index (χ1n) is 8.86. The van der Waals surface area contributed by atoms with E-state index in [1.54, 1.807) is 0 Å². The maximum atomic E-state index is 10.9. The fourth-order valence-corrected chi connectivity index (χ4v) is 2.30. The second-order valence-electron chi connectivity index (χ2n) is 5.73. The molecule has 1 amide bonds. The summed E-state index contributed by atoms with van der Waals surface area (Å²) in [4.78, 5) is 10.9. The Hall–Kier alpha value is -1.05. The maximum Gasteiger partial charge on any atom is 0.243 e. The molecule has 0 unspecified atom stereocenters. The van der Waals surface area contributed by atoms with E-state index in [4.69, 9.17) is 0 Å². The molecule has 0 fully saturated rings.